The van der Waals surface area contributed by atoms with Gasteiger partial charge in [0.25, 0.3) is 0 Å². The fourth-order valence-electron chi connectivity index (χ4n) is 4.89. The molecule has 0 bridgehead atoms. The van der Waals surface area contributed by atoms with E-state index in [9.17, 15) is 14.4 Å². The fraction of sp³-hybridized carbons (Fsp3) is 0.609. The lowest BCUT2D eigenvalue weighted by Crippen LogP contribution is -2.47. The van der Waals surface area contributed by atoms with Gasteiger partial charge in [-0.25, -0.2) is 4.79 Å². The predicted octanol–water partition coefficient (Wildman–Crippen LogP) is 2.56. The van der Waals surface area contributed by atoms with Crippen LogP contribution in [-0.2, 0) is 33.3 Å². The van der Waals surface area contributed by atoms with Crippen LogP contribution in [0.15, 0.2) is 30.3 Å². The molecule has 1 aromatic rings. The van der Waals surface area contributed by atoms with Crippen LogP contribution in [-0.4, -0.2) is 48.0 Å². The highest BCUT2D eigenvalue weighted by Crippen LogP contribution is 2.46. The van der Waals surface area contributed by atoms with Crippen molar-refractivity contribution in [2.45, 2.75) is 88.6 Å². The number of ether oxygens (including phenoxy) is 4. The molecule has 1 heterocycles. The van der Waals surface area contributed by atoms with E-state index in [1.54, 1.807) is 30.3 Å². The van der Waals surface area contributed by atoms with Gasteiger partial charge in [0.1, 0.15) is 6.10 Å². The van der Waals surface area contributed by atoms with E-state index < -0.39 is 42.1 Å². The largest absolute Gasteiger partial charge is 0.454 e. The standard InChI is InChI=1S/C23H29NO7/c1-14(25)24-17-13-18-21(31-23(30-18)11-7-4-8-12-23)20(17)29-22(27)19(28-15(2)26)16-9-5-3-6-10-16/h3,5-6,9-10,17-21H,4,7-8,11-13H2,1-2H3,(H,24,25)/t17-,18+,19-,20-,21+/m1/s1. The Hall–Kier alpha value is -2.45. The SMILES string of the molecule is CC(=O)N[C@@H]1C[C@@H]2OC3(CCCCC3)O[C@@H]2[C@@H]1OC(=O)[C@H](OC(C)=O)c1ccccc1. The third kappa shape index (κ3) is 4.75. The quantitative estimate of drug-likeness (QED) is 0.715. The fourth-order valence-corrected chi connectivity index (χ4v) is 4.89. The Morgan fingerprint density at radius 1 is 1.06 bits per heavy atom. The highest BCUT2D eigenvalue weighted by molar-refractivity contribution is 5.80. The Morgan fingerprint density at radius 2 is 1.77 bits per heavy atom. The molecule has 2 saturated carbocycles. The number of rotatable bonds is 5. The van der Waals surface area contributed by atoms with Crippen LogP contribution in [0.1, 0.15) is 64.0 Å². The monoisotopic (exact) mass is 431 g/mol. The van der Waals surface area contributed by atoms with Gasteiger partial charge in [-0.1, -0.05) is 36.8 Å². The molecule has 168 valence electrons. The van der Waals surface area contributed by atoms with Crippen molar-refractivity contribution in [3.8, 4) is 0 Å². The molecular formula is C23H29NO7. The number of amides is 1. The summed E-state index contributed by atoms with van der Waals surface area (Å²) < 4.78 is 23.8. The van der Waals surface area contributed by atoms with Gasteiger partial charge in [-0.05, 0) is 12.8 Å². The number of hydrogen-bond donors (Lipinski definition) is 1. The Labute approximate surface area is 181 Å². The van der Waals surface area contributed by atoms with Crippen molar-refractivity contribution in [3.63, 3.8) is 0 Å². The third-order valence-corrected chi connectivity index (χ3v) is 6.15. The number of fused-ring (bicyclic) bond motifs is 1. The average Bonchev–Trinajstić information content (AvgIpc) is 3.21. The Bertz CT molecular complexity index is 820. The van der Waals surface area contributed by atoms with Gasteiger partial charge in [0.15, 0.2) is 11.9 Å². The van der Waals surface area contributed by atoms with E-state index in [0.29, 0.717) is 12.0 Å². The highest BCUT2D eigenvalue weighted by Gasteiger charge is 2.58. The molecule has 2 aliphatic carbocycles. The molecule has 1 amide bonds. The zero-order chi connectivity index (χ0) is 22.0. The van der Waals surface area contributed by atoms with Gasteiger partial charge >= 0.3 is 11.9 Å². The Morgan fingerprint density at radius 3 is 2.42 bits per heavy atom. The minimum Gasteiger partial charge on any atom is -0.454 e. The molecule has 4 rings (SSSR count). The molecule has 0 unspecified atom stereocenters. The molecule has 3 aliphatic rings. The number of hydrogen-bond acceptors (Lipinski definition) is 7. The van der Waals surface area contributed by atoms with E-state index in [4.69, 9.17) is 18.9 Å². The summed E-state index contributed by atoms with van der Waals surface area (Å²) >= 11 is 0. The van der Waals surface area contributed by atoms with Crippen molar-refractivity contribution in [1.29, 1.82) is 0 Å². The molecule has 0 aromatic heterocycles. The first-order valence-electron chi connectivity index (χ1n) is 10.9. The number of benzene rings is 1. The Kier molecular flexibility index (Phi) is 6.29. The molecule has 1 N–H and O–H groups in total. The maximum atomic E-state index is 13.1. The second-order valence-electron chi connectivity index (χ2n) is 8.55. The van der Waals surface area contributed by atoms with E-state index in [2.05, 4.69) is 5.32 Å². The molecule has 0 radical (unpaired) electrons. The minimum absolute atomic E-state index is 0.224. The van der Waals surface area contributed by atoms with Crippen LogP contribution in [0.5, 0.6) is 0 Å². The van der Waals surface area contributed by atoms with Crippen LogP contribution in [0.25, 0.3) is 0 Å². The van der Waals surface area contributed by atoms with Gasteiger partial charge in [0.2, 0.25) is 12.0 Å². The van der Waals surface area contributed by atoms with Crippen LogP contribution in [0, 0.1) is 0 Å². The van der Waals surface area contributed by atoms with E-state index >= 15 is 0 Å². The van der Waals surface area contributed by atoms with Crippen LogP contribution in [0.3, 0.4) is 0 Å². The van der Waals surface area contributed by atoms with Gasteiger partial charge < -0.3 is 24.3 Å². The molecule has 1 spiro atoms. The lowest BCUT2D eigenvalue weighted by atomic mass is 9.94. The second-order valence-corrected chi connectivity index (χ2v) is 8.55. The lowest BCUT2D eigenvalue weighted by molar-refractivity contribution is -0.213. The molecule has 8 heteroatoms. The molecule has 31 heavy (non-hydrogen) atoms. The van der Waals surface area contributed by atoms with E-state index in [1.807, 2.05) is 0 Å². The van der Waals surface area contributed by atoms with Crippen LogP contribution >= 0.6 is 0 Å². The van der Waals surface area contributed by atoms with Crippen molar-refractivity contribution in [2.75, 3.05) is 0 Å². The van der Waals surface area contributed by atoms with Crippen LogP contribution in [0.2, 0.25) is 0 Å². The van der Waals surface area contributed by atoms with Crippen LogP contribution in [0.4, 0.5) is 0 Å². The van der Waals surface area contributed by atoms with E-state index in [-0.39, 0.29) is 12.0 Å². The number of esters is 2. The topological polar surface area (TPSA) is 100 Å². The van der Waals surface area contributed by atoms with E-state index in [0.717, 1.165) is 32.1 Å². The summed E-state index contributed by atoms with van der Waals surface area (Å²) in [7, 11) is 0. The lowest BCUT2D eigenvalue weighted by Gasteiger charge is -2.34. The molecule has 1 saturated heterocycles. The van der Waals surface area contributed by atoms with Crippen molar-refractivity contribution >= 4 is 17.8 Å². The van der Waals surface area contributed by atoms with Crippen molar-refractivity contribution in [3.05, 3.63) is 35.9 Å². The molecular weight excluding hydrogens is 402 g/mol. The predicted molar refractivity (Wildman–Crippen MR) is 109 cm³/mol. The number of carbonyl (C=O) groups is 3. The summed E-state index contributed by atoms with van der Waals surface area (Å²) in [5, 5.41) is 2.85. The Balaban J connectivity index is 1.54. The number of nitrogens with one attached hydrogen (secondary N) is 1. The molecule has 1 aromatic carbocycles. The van der Waals surface area contributed by atoms with Gasteiger partial charge in [-0.2, -0.15) is 0 Å². The van der Waals surface area contributed by atoms with Gasteiger partial charge in [0.05, 0.1) is 12.1 Å². The molecule has 1 aliphatic heterocycles. The smallest absolute Gasteiger partial charge is 0.352 e. The summed E-state index contributed by atoms with van der Waals surface area (Å²) in [5.74, 6) is -2.14. The maximum Gasteiger partial charge on any atom is 0.352 e. The molecule has 8 nitrogen and oxygen atoms in total. The van der Waals surface area contributed by atoms with Gasteiger partial charge in [0, 0.05) is 38.7 Å². The highest BCUT2D eigenvalue weighted by atomic mass is 16.8. The van der Waals surface area contributed by atoms with E-state index in [1.165, 1.54) is 13.8 Å². The average molecular weight is 431 g/mol. The van der Waals surface area contributed by atoms with Gasteiger partial charge in [-0.15, -0.1) is 0 Å². The summed E-state index contributed by atoms with van der Waals surface area (Å²) in [6.45, 7) is 2.67. The summed E-state index contributed by atoms with van der Waals surface area (Å²) in [4.78, 5) is 36.5. The zero-order valence-corrected chi connectivity index (χ0v) is 17.9. The van der Waals surface area contributed by atoms with Gasteiger partial charge in [-0.3, -0.25) is 9.59 Å². The van der Waals surface area contributed by atoms with Crippen molar-refractivity contribution in [1.82, 2.24) is 5.32 Å². The molecule has 5 atom stereocenters. The maximum absolute atomic E-state index is 13.1. The first kappa shape index (κ1) is 21.8. The van der Waals surface area contributed by atoms with Crippen molar-refractivity contribution < 1.29 is 33.3 Å². The summed E-state index contributed by atoms with van der Waals surface area (Å²) in [6, 6.07) is 8.28. The number of carbonyl (C=O) groups excluding carboxylic acids is 3. The van der Waals surface area contributed by atoms with Crippen molar-refractivity contribution in [2.24, 2.45) is 0 Å². The zero-order valence-electron chi connectivity index (χ0n) is 17.9. The third-order valence-electron chi connectivity index (χ3n) is 6.15. The summed E-state index contributed by atoms with van der Waals surface area (Å²) in [6.07, 6.45) is 2.65. The first-order chi connectivity index (χ1) is 14.9. The molecule has 3 fully saturated rings. The second kappa shape index (κ2) is 8.96. The minimum atomic E-state index is -1.19. The normalized spacial score (nSPS) is 29.7. The van der Waals surface area contributed by atoms with Crippen LogP contribution < -0.4 is 5.32 Å². The summed E-state index contributed by atoms with van der Waals surface area (Å²) in [5.41, 5.74) is 0.515. The first-order valence-corrected chi connectivity index (χ1v) is 10.9.